The van der Waals surface area contributed by atoms with E-state index in [4.69, 9.17) is 4.74 Å². The molecule has 0 saturated carbocycles. The van der Waals surface area contributed by atoms with E-state index in [0.717, 1.165) is 5.75 Å². The van der Waals surface area contributed by atoms with Crippen molar-refractivity contribution in [3.05, 3.63) is 53.6 Å². The Hall–Kier alpha value is -2.20. The van der Waals surface area contributed by atoms with Crippen LogP contribution in [0.1, 0.15) is 18.1 Å². The molecule has 4 heteroatoms. The maximum Gasteiger partial charge on any atom is 0.161 e. The molecule has 0 aliphatic rings. The van der Waals surface area contributed by atoms with Crippen molar-refractivity contribution < 1.29 is 14.9 Å². The first-order valence-corrected chi connectivity index (χ1v) is 6.99. The molecule has 0 fully saturated rings. The topological polar surface area (TPSA) is 61.7 Å². The molecule has 0 heterocycles. The SMILES string of the molecule is Cc1ccc(OCC(C)NCc2cccc(O)c2O)cc1. The van der Waals surface area contributed by atoms with Crippen LogP contribution >= 0.6 is 0 Å². The van der Waals surface area contributed by atoms with Crippen molar-refractivity contribution in [1.29, 1.82) is 0 Å². The standard InChI is InChI=1S/C17H21NO3/c1-12-6-8-15(9-7-12)21-11-13(2)18-10-14-4-3-5-16(19)17(14)20/h3-9,13,18-20H,10-11H2,1-2H3. The molecule has 3 N–H and O–H groups in total. The third kappa shape index (κ3) is 4.39. The molecule has 0 spiro atoms. The van der Waals surface area contributed by atoms with Crippen LogP contribution in [0.5, 0.6) is 17.2 Å². The van der Waals surface area contributed by atoms with Gasteiger partial charge in [0.25, 0.3) is 0 Å². The maximum absolute atomic E-state index is 9.72. The second-order valence-electron chi connectivity index (χ2n) is 5.19. The van der Waals surface area contributed by atoms with E-state index in [9.17, 15) is 10.2 Å². The minimum absolute atomic E-state index is 0.0725. The van der Waals surface area contributed by atoms with Crippen LogP contribution in [0.2, 0.25) is 0 Å². The molecule has 0 saturated heterocycles. The van der Waals surface area contributed by atoms with E-state index in [1.165, 1.54) is 11.6 Å². The number of hydrogen-bond donors (Lipinski definition) is 3. The van der Waals surface area contributed by atoms with Gasteiger partial charge in [0.05, 0.1) is 0 Å². The van der Waals surface area contributed by atoms with E-state index < -0.39 is 0 Å². The second-order valence-corrected chi connectivity index (χ2v) is 5.19. The Morgan fingerprint density at radius 1 is 1.10 bits per heavy atom. The average Bonchev–Trinajstić information content (AvgIpc) is 2.48. The van der Waals surface area contributed by atoms with Gasteiger partial charge < -0.3 is 20.3 Å². The average molecular weight is 287 g/mol. The lowest BCUT2D eigenvalue weighted by atomic mass is 10.2. The van der Waals surface area contributed by atoms with Gasteiger partial charge in [-0.2, -0.15) is 0 Å². The number of benzene rings is 2. The highest BCUT2D eigenvalue weighted by molar-refractivity contribution is 5.44. The summed E-state index contributed by atoms with van der Waals surface area (Å²) in [5.74, 6) is 0.670. The summed E-state index contributed by atoms with van der Waals surface area (Å²) < 4.78 is 5.69. The van der Waals surface area contributed by atoms with Crippen LogP contribution in [0.25, 0.3) is 0 Å². The minimum atomic E-state index is -0.0992. The number of aryl methyl sites for hydroxylation is 1. The molecule has 2 aromatic carbocycles. The molecule has 2 rings (SSSR count). The highest BCUT2D eigenvalue weighted by atomic mass is 16.5. The summed E-state index contributed by atoms with van der Waals surface area (Å²) in [5, 5.41) is 22.4. The van der Waals surface area contributed by atoms with E-state index in [1.54, 1.807) is 12.1 Å². The first-order valence-electron chi connectivity index (χ1n) is 6.99. The van der Waals surface area contributed by atoms with Gasteiger partial charge in [0.1, 0.15) is 12.4 Å². The zero-order chi connectivity index (χ0) is 15.2. The highest BCUT2D eigenvalue weighted by Gasteiger charge is 2.08. The number of nitrogens with one attached hydrogen (secondary N) is 1. The van der Waals surface area contributed by atoms with Crippen molar-refractivity contribution >= 4 is 0 Å². The van der Waals surface area contributed by atoms with Crippen LogP contribution in [0.15, 0.2) is 42.5 Å². The van der Waals surface area contributed by atoms with Crippen LogP contribution in [0.4, 0.5) is 0 Å². The van der Waals surface area contributed by atoms with E-state index in [2.05, 4.69) is 5.32 Å². The predicted octanol–water partition coefficient (Wildman–Crippen LogP) is 2.96. The zero-order valence-electron chi connectivity index (χ0n) is 12.3. The van der Waals surface area contributed by atoms with Gasteiger partial charge >= 0.3 is 0 Å². The van der Waals surface area contributed by atoms with Crippen LogP contribution in [0, 0.1) is 6.92 Å². The van der Waals surface area contributed by atoms with Crippen molar-refractivity contribution in [3.8, 4) is 17.2 Å². The zero-order valence-corrected chi connectivity index (χ0v) is 12.3. The number of para-hydroxylation sites is 1. The predicted molar refractivity (Wildman–Crippen MR) is 82.7 cm³/mol. The minimum Gasteiger partial charge on any atom is -0.504 e. The maximum atomic E-state index is 9.72. The largest absolute Gasteiger partial charge is 0.504 e. The van der Waals surface area contributed by atoms with E-state index in [-0.39, 0.29) is 17.5 Å². The van der Waals surface area contributed by atoms with Crippen molar-refractivity contribution in [2.24, 2.45) is 0 Å². The van der Waals surface area contributed by atoms with Gasteiger partial charge in [0, 0.05) is 18.2 Å². The summed E-state index contributed by atoms with van der Waals surface area (Å²) in [6.07, 6.45) is 0. The molecule has 0 amide bonds. The first-order chi connectivity index (χ1) is 10.1. The Morgan fingerprint density at radius 3 is 2.52 bits per heavy atom. The molecule has 0 radical (unpaired) electrons. The Kier molecular flexibility index (Phi) is 5.06. The van der Waals surface area contributed by atoms with E-state index in [0.29, 0.717) is 18.7 Å². The normalized spacial score (nSPS) is 12.1. The number of hydrogen-bond acceptors (Lipinski definition) is 4. The van der Waals surface area contributed by atoms with Crippen molar-refractivity contribution in [2.75, 3.05) is 6.61 Å². The molecule has 2 aromatic rings. The summed E-state index contributed by atoms with van der Waals surface area (Å²) in [5.41, 5.74) is 1.87. The third-order valence-electron chi connectivity index (χ3n) is 3.26. The number of ether oxygens (including phenoxy) is 1. The number of rotatable bonds is 6. The molecule has 0 aromatic heterocycles. The number of phenolic OH excluding ortho intramolecular Hbond substituents is 2. The molecule has 1 atom stereocenters. The fourth-order valence-electron chi connectivity index (χ4n) is 1.92. The summed E-state index contributed by atoms with van der Waals surface area (Å²) in [6, 6.07) is 13.0. The van der Waals surface area contributed by atoms with Gasteiger partial charge in [-0.1, -0.05) is 29.8 Å². The molecular formula is C17H21NO3. The molecule has 21 heavy (non-hydrogen) atoms. The summed E-state index contributed by atoms with van der Waals surface area (Å²) in [4.78, 5) is 0. The Bertz CT molecular complexity index is 581. The monoisotopic (exact) mass is 287 g/mol. The van der Waals surface area contributed by atoms with Crippen molar-refractivity contribution in [3.63, 3.8) is 0 Å². The number of phenols is 2. The lowest BCUT2D eigenvalue weighted by molar-refractivity contribution is 0.272. The second kappa shape index (κ2) is 6.99. The Balaban J connectivity index is 1.80. The molecule has 4 nitrogen and oxygen atoms in total. The molecule has 0 aliphatic heterocycles. The summed E-state index contributed by atoms with van der Waals surface area (Å²) in [7, 11) is 0. The van der Waals surface area contributed by atoms with Gasteiger partial charge in [0.15, 0.2) is 11.5 Å². The van der Waals surface area contributed by atoms with Crippen LogP contribution in [-0.4, -0.2) is 22.9 Å². The molecular weight excluding hydrogens is 266 g/mol. The van der Waals surface area contributed by atoms with Crippen LogP contribution in [-0.2, 0) is 6.54 Å². The van der Waals surface area contributed by atoms with Crippen molar-refractivity contribution in [2.45, 2.75) is 26.4 Å². The molecule has 0 bridgehead atoms. The molecule has 112 valence electrons. The fraction of sp³-hybridized carbons (Fsp3) is 0.294. The van der Waals surface area contributed by atoms with Gasteiger partial charge in [-0.25, -0.2) is 0 Å². The number of aromatic hydroxyl groups is 2. The highest BCUT2D eigenvalue weighted by Crippen LogP contribution is 2.27. The summed E-state index contributed by atoms with van der Waals surface area (Å²) >= 11 is 0. The van der Waals surface area contributed by atoms with Gasteiger partial charge in [0.2, 0.25) is 0 Å². The quantitative estimate of drug-likeness (QED) is 0.715. The summed E-state index contributed by atoms with van der Waals surface area (Å²) in [6.45, 7) is 5.05. The Labute approximate surface area is 125 Å². The van der Waals surface area contributed by atoms with Gasteiger partial charge in [-0.05, 0) is 32.0 Å². The first kappa shape index (κ1) is 15.2. The van der Waals surface area contributed by atoms with Gasteiger partial charge in [-0.3, -0.25) is 0 Å². The lowest BCUT2D eigenvalue weighted by Gasteiger charge is -2.16. The molecule has 0 aliphatic carbocycles. The third-order valence-corrected chi connectivity index (χ3v) is 3.26. The lowest BCUT2D eigenvalue weighted by Crippen LogP contribution is -2.31. The van der Waals surface area contributed by atoms with E-state index >= 15 is 0 Å². The Morgan fingerprint density at radius 2 is 1.81 bits per heavy atom. The van der Waals surface area contributed by atoms with E-state index in [1.807, 2.05) is 38.1 Å². The van der Waals surface area contributed by atoms with Crippen molar-refractivity contribution in [1.82, 2.24) is 5.32 Å². The molecule has 1 unspecified atom stereocenters. The van der Waals surface area contributed by atoms with Crippen LogP contribution < -0.4 is 10.1 Å². The fourth-order valence-corrected chi connectivity index (χ4v) is 1.92. The smallest absolute Gasteiger partial charge is 0.161 e. The van der Waals surface area contributed by atoms with Gasteiger partial charge in [-0.15, -0.1) is 0 Å². The van der Waals surface area contributed by atoms with Crippen LogP contribution in [0.3, 0.4) is 0 Å².